The smallest absolute Gasteiger partial charge is 0.409 e. The van der Waals surface area contributed by atoms with Gasteiger partial charge in [0, 0.05) is 33.2 Å². The fourth-order valence-corrected chi connectivity index (χ4v) is 8.42. The summed E-state index contributed by atoms with van der Waals surface area (Å²) in [5.41, 5.74) is 2.66. The van der Waals surface area contributed by atoms with E-state index in [0.29, 0.717) is 36.5 Å². The number of nitrogens with one attached hydrogen (secondary N) is 1. The van der Waals surface area contributed by atoms with Crippen LogP contribution < -0.4 is 5.32 Å². The molecule has 310 valence electrons. The van der Waals surface area contributed by atoms with Gasteiger partial charge in [0.15, 0.2) is 0 Å². The monoisotopic (exact) mass is 807 g/mol. The lowest BCUT2D eigenvalue weighted by atomic mass is 9.95. The van der Waals surface area contributed by atoms with Crippen LogP contribution >= 0.6 is 0 Å². The van der Waals surface area contributed by atoms with Crippen molar-refractivity contribution >= 4 is 28.1 Å². The quantitative estimate of drug-likeness (QED) is 0.140. The molecule has 1 aromatic heterocycles. The average molecular weight is 808 g/mol. The van der Waals surface area contributed by atoms with E-state index >= 15 is 0 Å². The number of rotatable bonds is 21. The number of nitroso groups, excluding NO2 is 1. The molecule has 1 aliphatic heterocycles. The van der Waals surface area contributed by atoms with Gasteiger partial charge in [0.1, 0.15) is 12.6 Å². The van der Waals surface area contributed by atoms with Crippen LogP contribution in [-0.4, -0.2) is 114 Å². The minimum atomic E-state index is -4.09. The molecule has 0 spiro atoms. The molecular formula is C41H57N7O8S. The van der Waals surface area contributed by atoms with Gasteiger partial charge in [-0.25, -0.2) is 18.0 Å². The SMILES string of the molecule is CCOC(=O)N(C)Cc1cccc(CN2CCN([C@H](C(=O)N[C@@H](Cc3ccccc3)[C@H](O)CN(CC(C)C)S(=O)(=O)c3ccc(CN=O)cc3)[C@@H](C)CC)C2=O)n1. The Kier molecular flexibility index (Phi) is 16.5. The van der Waals surface area contributed by atoms with E-state index in [1.165, 1.54) is 33.5 Å². The predicted molar refractivity (Wildman–Crippen MR) is 216 cm³/mol. The van der Waals surface area contributed by atoms with Crippen molar-refractivity contribution in [3.63, 3.8) is 0 Å². The van der Waals surface area contributed by atoms with Gasteiger partial charge in [0.05, 0.1) is 48.1 Å². The second kappa shape index (κ2) is 21.0. The zero-order valence-electron chi connectivity index (χ0n) is 33.8. The third-order valence-electron chi connectivity index (χ3n) is 9.97. The highest BCUT2D eigenvalue weighted by Crippen LogP contribution is 2.24. The molecule has 3 aromatic rings. The van der Waals surface area contributed by atoms with Gasteiger partial charge < -0.3 is 29.9 Å². The number of aromatic nitrogens is 1. The summed E-state index contributed by atoms with van der Waals surface area (Å²) in [5.74, 6) is -0.784. The molecule has 57 heavy (non-hydrogen) atoms. The van der Waals surface area contributed by atoms with E-state index in [2.05, 4.69) is 15.5 Å². The predicted octanol–water partition coefficient (Wildman–Crippen LogP) is 5.02. The lowest BCUT2D eigenvalue weighted by Gasteiger charge is -2.35. The Labute approximate surface area is 336 Å². The normalized spacial score (nSPS) is 15.4. The van der Waals surface area contributed by atoms with Gasteiger partial charge in [0.25, 0.3) is 0 Å². The van der Waals surface area contributed by atoms with Gasteiger partial charge in [-0.2, -0.15) is 9.21 Å². The van der Waals surface area contributed by atoms with Crippen LogP contribution in [0.2, 0.25) is 0 Å². The van der Waals surface area contributed by atoms with Crippen LogP contribution in [0.5, 0.6) is 0 Å². The minimum Gasteiger partial charge on any atom is -0.450 e. The van der Waals surface area contributed by atoms with Crippen molar-refractivity contribution in [2.24, 2.45) is 17.0 Å². The standard InChI is InChI=1S/C41H57N7O8S/c1-7-30(5)38(48-22-21-46(40(48)51)27-34-16-12-15-33(43-34)26-45(6)41(52)56-8-2)39(50)44-36(23-31-13-10-9-11-14-31)37(49)28-47(25-29(3)4)57(54,55)35-19-17-32(18-20-35)24-42-53/h9-20,29-30,36-38,49H,7-8,21-28H2,1-6H3,(H,44,50)/t30-,36-,37+,38-/m0/s1. The maximum atomic E-state index is 14.4. The molecule has 2 N–H and O–H groups in total. The van der Waals surface area contributed by atoms with Crippen LogP contribution in [0, 0.1) is 16.7 Å². The molecule has 0 unspecified atom stereocenters. The van der Waals surface area contributed by atoms with Crippen LogP contribution in [-0.2, 0) is 45.6 Å². The summed E-state index contributed by atoms with van der Waals surface area (Å²) in [5, 5.41) is 17.8. The van der Waals surface area contributed by atoms with Crippen molar-refractivity contribution in [1.82, 2.24) is 29.3 Å². The minimum absolute atomic E-state index is 0.00789. The van der Waals surface area contributed by atoms with E-state index < -0.39 is 40.2 Å². The highest BCUT2D eigenvalue weighted by Gasteiger charge is 2.41. The van der Waals surface area contributed by atoms with Crippen LogP contribution in [0.4, 0.5) is 9.59 Å². The molecule has 1 fully saturated rings. The fourth-order valence-electron chi connectivity index (χ4n) is 6.80. The van der Waals surface area contributed by atoms with Gasteiger partial charge >= 0.3 is 12.1 Å². The summed E-state index contributed by atoms with van der Waals surface area (Å²) in [6.07, 6.45) is -0.992. The van der Waals surface area contributed by atoms with Crippen LogP contribution in [0.3, 0.4) is 0 Å². The topological polar surface area (TPSA) is 182 Å². The number of carbonyl (C=O) groups excluding carboxylic acids is 3. The number of urea groups is 1. The number of amides is 4. The van der Waals surface area contributed by atoms with Crippen molar-refractivity contribution in [3.8, 4) is 0 Å². The second-order valence-electron chi connectivity index (χ2n) is 14.9. The maximum absolute atomic E-state index is 14.4. The molecule has 4 atom stereocenters. The molecule has 2 aromatic carbocycles. The Bertz CT molecular complexity index is 1900. The molecular weight excluding hydrogens is 751 g/mol. The summed E-state index contributed by atoms with van der Waals surface area (Å²) < 4.78 is 34.2. The largest absolute Gasteiger partial charge is 0.450 e. The summed E-state index contributed by atoms with van der Waals surface area (Å²) in [7, 11) is -2.47. The van der Waals surface area contributed by atoms with E-state index in [4.69, 9.17) is 4.74 Å². The highest BCUT2D eigenvalue weighted by molar-refractivity contribution is 7.89. The molecule has 0 aliphatic carbocycles. The Morgan fingerprint density at radius 2 is 1.63 bits per heavy atom. The summed E-state index contributed by atoms with van der Waals surface area (Å²) in [4.78, 5) is 60.6. The molecule has 1 saturated heterocycles. The number of aliphatic hydroxyl groups excluding tert-OH is 1. The molecule has 4 amide bonds. The number of carbonyl (C=O) groups is 3. The first-order chi connectivity index (χ1) is 27.2. The van der Waals surface area contributed by atoms with E-state index in [9.17, 15) is 32.8 Å². The molecule has 0 radical (unpaired) electrons. The molecule has 0 bridgehead atoms. The summed E-state index contributed by atoms with van der Waals surface area (Å²) in [6, 6.07) is 18.5. The average Bonchev–Trinajstić information content (AvgIpc) is 3.53. The summed E-state index contributed by atoms with van der Waals surface area (Å²) in [6.45, 7) is 10.4. The van der Waals surface area contributed by atoms with Crippen molar-refractivity contribution in [3.05, 3.63) is 100 Å². The second-order valence-corrected chi connectivity index (χ2v) is 16.9. The molecule has 2 heterocycles. The number of pyridine rings is 1. The van der Waals surface area contributed by atoms with E-state index in [0.717, 1.165) is 5.56 Å². The highest BCUT2D eigenvalue weighted by atomic mass is 32.2. The van der Waals surface area contributed by atoms with Crippen LogP contribution in [0.15, 0.2) is 82.9 Å². The first-order valence-electron chi connectivity index (χ1n) is 19.5. The number of ether oxygens (including phenoxy) is 1. The number of hydrogen-bond donors (Lipinski definition) is 2. The third kappa shape index (κ3) is 12.3. The maximum Gasteiger partial charge on any atom is 0.409 e. The lowest BCUT2D eigenvalue weighted by Crippen LogP contribution is -2.57. The number of aliphatic hydroxyl groups is 1. The van der Waals surface area contributed by atoms with Crippen LogP contribution in [0.1, 0.15) is 63.6 Å². The Morgan fingerprint density at radius 3 is 2.26 bits per heavy atom. The zero-order chi connectivity index (χ0) is 41.7. The number of nitrogens with zero attached hydrogens (tertiary/aromatic N) is 6. The van der Waals surface area contributed by atoms with Crippen molar-refractivity contribution in [1.29, 1.82) is 0 Å². The zero-order valence-corrected chi connectivity index (χ0v) is 34.6. The lowest BCUT2D eigenvalue weighted by molar-refractivity contribution is -0.128. The molecule has 16 heteroatoms. The van der Waals surface area contributed by atoms with E-state index in [1.807, 2.05) is 64.1 Å². The Balaban J connectivity index is 1.55. The van der Waals surface area contributed by atoms with Gasteiger partial charge in [-0.15, -0.1) is 0 Å². The van der Waals surface area contributed by atoms with E-state index in [-0.39, 0.29) is 68.5 Å². The third-order valence-corrected chi connectivity index (χ3v) is 11.8. The molecule has 15 nitrogen and oxygen atoms in total. The van der Waals surface area contributed by atoms with Crippen molar-refractivity contribution in [2.45, 2.75) is 90.2 Å². The molecule has 1 aliphatic rings. The number of benzene rings is 2. The summed E-state index contributed by atoms with van der Waals surface area (Å²) >= 11 is 0. The van der Waals surface area contributed by atoms with Crippen LogP contribution in [0.25, 0.3) is 0 Å². The van der Waals surface area contributed by atoms with Gasteiger partial charge in [0.2, 0.25) is 15.9 Å². The van der Waals surface area contributed by atoms with E-state index in [1.54, 1.807) is 35.9 Å². The first-order valence-corrected chi connectivity index (χ1v) is 20.9. The Hall–Kier alpha value is -4.93. The Morgan fingerprint density at radius 1 is 0.947 bits per heavy atom. The van der Waals surface area contributed by atoms with Crippen molar-refractivity contribution in [2.75, 3.05) is 39.8 Å². The molecule has 4 rings (SSSR count). The first kappa shape index (κ1) is 44.8. The number of hydrogen-bond acceptors (Lipinski definition) is 10. The number of sulfonamides is 1. The van der Waals surface area contributed by atoms with Gasteiger partial charge in [-0.1, -0.05) is 87.8 Å². The molecule has 0 saturated carbocycles. The van der Waals surface area contributed by atoms with Gasteiger partial charge in [-0.05, 0) is 60.6 Å². The van der Waals surface area contributed by atoms with Crippen molar-refractivity contribution < 1.29 is 32.6 Å². The van der Waals surface area contributed by atoms with Gasteiger partial charge in [-0.3, -0.25) is 9.78 Å². The fraction of sp³-hybridized carbons (Fsp3) is 0.512.